The average molecular weight is 536 g/mol. The van der Waals surface area contributed by atoms with Crippen LogP contribution in [-0.2, 0) is 24.0 Å². The highest BCUT2D eigenvalue weighted by atomic mass is 16.5. The predicted molar refractivity (Wildman–Crippen MR) is 152 cm³/mol. The monoisotopic (exact) mass is 535 g/mol. The van der Waals surface area contributed by atoms with Crippen LogP contribution in [0.2, 0.25) is 0 Å². The summed E-state index contributed by atoms with van der Waals surface area (Å²) in [4.78, 5) is 21.3. The molecule has 0 bridgehead atoms. The summed E-state index contributed by atoms with van der Waals surface area (Å²) in [6.45, 7) is 7.83. The molecule has 0 spiro atoms. The normalized spacial score (nSPS) is 17.3. The molecule has 2 aliphatic heterocycles. The fraction of sp³-hybridized carbons (Fsp3) is 0.516. The lowest BCUT2D eigenvalue weighted by molar-refractivity contribution is 0.0376. The number of carbonyl (C=O) groups is 1. The number of morpholine rings is 1. The molecule has 5 rings (SSSR count). The van der Waals surface area contributed by atoms with E-state index in [1.54, 1.807) is 14.2 Å². The first-order valence-electron chi connectivity index (χ1n) is 14.2. The zero-order valence-corrected chi connectivity index (χ0v) is 23.7. The number of H-pyrrole nitrogens is 1. The molecule has 0 radical (unpaired) electrons. The lowest BCUT2D eigenvalue weighted by Crippen LogP contribution is -2.51. The second-order valence-electron chi connectivity index (χ2n) is 10.3. The number of aromatic amines is 1. The minimum absolute atomic E-state index is 0.0696. The number of hydrogen-bond donors (Lipinski definition) is 1. The van der Waals surface area contributed by atoms with E-state index in [1.165, 1.54) is 27.6 Å². The van der Waals surface area contributed by atoms with Crippen molar-refractivity contribution in [2.75, 3.05) is 53.7 Å². The quantitative estimate of drug-likeness (QED) is 0.391. The van der Waals surface area contributed by atoms with Crippen molar-refractivity contribution < 1.29 is 23.7 Å². The van der Waals surface area contributed by atoms with E-state index in [4.69, 9.17) is 18.9 Å². The first-order chi connectivity index (χ1) is 19.1. The molecule has 1 atom stereocenters. The van der Waals surface area contributed by atoms with Crippen molar-refractivity contribution in [3.63, 3.8) is 0 Å². The Labute approximate surface area is 231 Å². The maximum atomic E-state index is 13.8. The lowest BCUT2D eigenvalue weighted by atomic mass is 9.88. The van der Waals surface area contributed by atoms with E-state index in [2.05, 4.69) is 47.3 Å². The van der Waals surface area contributed by atoms with Gasteiger partial charge < -0.3 is 33.7 Å². The van der Waals surface area contributed by atoms with Gasteiger partial charge in [-0.05, 0) is 79.1 Å². The molecule has 1 N–H and O–H groups in total. The summed E-state index contributed by atoms with van der Waals surface area (Å²) in [5, 5.41) is 1.20. The number of fused-ring (bicyclic) bond motifs is 2. The molecule has 3 heterocycles. The van der Waals surface area contributed by atoms with Crippen LogP contribution < -0.4 is 14.2 Å². The van der Waals surface area contributed by atoms with Crippen LogP contribution in [0.15, 0.2) is 30.5 Å². The first kappa shape index (κ1) is 27.2. The topological polar surface area (TPSA) is 76.3 Å². The van der Waals surface area contributed by atoms with E-state index < -0.39 is 0 Å². The van der Waals surface area contributed by atoms with Crippen molar-refractivity contribution in [2.24, 2.45) is 0 Å². The van der Waals surface area contributed by atoms with Crippen LogP contribution in [0.3, 0.4) is 0 Å². The Hall–Kier alpha value is -3.39. The summed E-state index contributed by atoms with van der Waals surface area (Å²) < 4.78 is 22.7. The van der Waals surface area contributed by atoms with Gasteiger partial charge in [-0.2, -0.15) is 0 Å². The maximum absolute atomic E-state index is 13.8. The summed E-state index contributed by atoms with van der Waals surface area (Å²) in [7, 11) is 3.40. The Balaban J connectivity index is 1.50. The third-order valence-electron chi connectivity index (χ3n) is 7.98. The molecule has 1 aromatic heterocycles. The number of urea groups is 1. The molecular weight excluding hydrogens is 494 g/mol. The van der Waals surface area contributed by atoms with Crippen LogP contribution in [0, 0.1) is 0 Å². The fourth-order valence-corrected chi connectivity index (χ4v) is 6.03. The molecule has 2 aromatic carbocycles. The van der Waals surface area contributed by atoms with E-state index in [-0.39, 0.29) is 12.1 Å². The number of aromatic nitrogens is 1. The summed E-state index contributed by atoms with van der Waals surface area (Å²) in [5.74, 6) is 2.35. The third kappa shape index (κ3) is 5.53. The molecule has 0 saturated carbocycles. The van der Waals surface area contributed by atoms with Crippen molar-refractivity contribution in [1.29, 1.82) is 0 Å². The number of nitrogens with zero attached hydrogens (tertiary/aromatic N) is 2. The standard InChI is InChI=1S/C31H41N3O5/c1-5-7-22-16-24(36-3)18-26-23(20-32-30(22)26)8-9-27-25-19-29(39-6-2)28(37-4)17-21(25)10-11-34(27)31(35)33-12-14-38-15-13-33/h16-20,27,32H,5-15H2,1-4H3. The Kier molecular flexibility index (Phi) is 8.50. The SMILES string of the molecule is CCCc1cc(OC)cc2c(CCC3c4cc(OCC)c(OC)cc4CCN3C(=O)N3CCOCC3)c[nH]c12. The molecule has 2 aliphatic rings. The van der Waals surface area contributed by atoms with Gasteiger partial charge in [-0.3, -0.25) is 0 Å². The van der Waals surface area contributed by atoms with Gasteiger partial charge >= 0.3 is 6.03 Å². The molecule has 1 fully saturated rings. The number of hydrogen-bond acceptors (Lipinski definition) is 5. The summed E-state index contributed by atoms with van der Waals surface area (Å²) in [6.07, 6.45) is 6.60. The van der Waals surface area contributed by atoms with Gasteiger partial charge in [-0.1, -0.05) is 13.3 Å². The molecule has 8 nitrogen and oxygen atoms in total. The summed E-state index contributed by atoms with van der Waals surface area (Å²) in [5.41, 5.74) is 6.07. The minimum atomic E-state index is -0.0696. The molecule has 2 amide bonds. The van der Waals surface area contributed by atoms with E-state index in [1.807, 2.05) is 11.8 Å². The lowest BCUT2D eigenvalue weighted by Gasteiger charge is -2.41. The molecule has 39 heavy (non-hydrogen) atoms. The largest absolute Gasteiger partial charge is 0.497 e. The highest BCUT2D eigenvalue weighted by Crippen LogP contribution is 2.41. The summed E-state index contributed by atoms with van der Waals surface area (Å²) in [6, 6.07) is 8.47. The van der Waals surface area contributed by atoms with Crippen LogP contribution >= 0.6 is 0 Å². The Morgan fingerprint density at radius 3 is 2.54 bits per heavy atom. The number of methoxy groups -OCH3 is 2. The molecule has 0 aliphatic carbocycles. The summed E-state index contributed by atoms with van der Waals surface area (Å²) >= 11 is 0. The zero-order chi connectivity index (χ0) is 27.4. The van der Waals surface area contributed by atoms with Gasteiger partial charge in [-0.25, -0.2) is 4.79 Å². The Bertz CT molecular complexity index is 1300. The van der Waals surface area contributed by atoms with Crippen molar-refractivity contribution >= 4 is 16.9 Å². The number of ether oxygens (including phenoxy) is 4. The van der Waals surface area contributed by atoms with Gasteiger partial charge in [-0.15, -0.1) is 0 Å². The van der Waals surface area contributed by atoms with E-state index in [0.717, 1.165) is 54.9 Å². The van der Waals surface area contributed by atoms with Crippen LogP contribution in [-0.4, -0.2) is 74.5 Å². The third-order valence-corrected chi connectivity index (χ3v) is 7.98. The van der Waals surface area contributed by atoms with Gasteiger partial charge in [0.2, 0.25) is 0 Å². The molecule has 8 heteroatoms. The van der Waals surface area contributed by atoms with Crippen molar-refractivity contribution in [1.82, 2.24) is 14.8 Å². The van der Waals surface area contributed by atoms with E-state index >= 15 is 0 Å². The van der Waals surface area contributed by atoms with Crippen LogP contribution in [0.5, 0.6) is 17.2 Å². The Morgan fingerprint density at radius 1 is 1.00 bits per heavy atom. The highest BCUT2D eigenvalue weighted by molar-refractivity contribution is 5.87. The van der Waals surface area contributed by atoms with Crippen LogP contribution in [0.25, 0.3) is 10.9 Å². The number of rotatable bonds is 9. The van der Waals surface area contributed by atoms with Gasteiger partial charge in [0.1, 0.15) is 5.75 Å². The molecular formula is C31H41N3O5. The van der Waals surface area contributed by atoms with Gasteiger partial charge in [0.25, 0.3) is 0 Å². The van der Waals surface area contributed by atoms with Gasteiger partial charge in [0, 0.05) is 36.7 Å². The molecule has 1 saturated heterocycles. The number of amides is 2. The van der Waals surface area contributed by atoms with Gasteiger partial charge in [0.15, 0.2) is 11.5 Å². The first-order valence-corrected chi connectivity index (χ1v) is 14.2. The zero-order valence-electron chi connectivity index (χ0n) is 23.7. The molecule has 210 valence electrons. The van der Waals surface area contributed by atoms with E-state index in [0.29, 0.717) is 39.5 Å². The van der Waals surface area contributed by atoms with E-state index in [9.17, 15) is 4.79 Å². The molecule has 3 aromatic rings. The second-order valence-corrected chi connectivity index (χ2v) is 10.3. The number of nitrogens with one attached hydrogen (secondary N) is 1. The second kappa shape index (κ2) is 12.2. The van der Waals surface area contributed by atoms with Crippen LogP contribution in [0.4, 0.5) is 4.79 Å². The predicted octanol–water partition coefficient (Wildman–Crippen LogP) is 5.52. The highest BCUT2D eigenvalue weighted by Gasteiger charge is 2.35. The van der Waals surface area contributed by atoms with Crippen molar-refractivity contribution in [3.8, 4) is 17.2 Å². The fourth-order valence-electron chi connectivity index (χ4n) is 6.03. The minimum Gasteiger partial charge on any atom is -0.497 e. The molecule has 1 unspecified atom stereocenters. The van der Waals surface area contributed by atoms with Crippen molar-refractivity contribution in [3.05, 3.63) is 52.7 Å². The number of aryl methyl sites for hydroxylation is 2. The Morgan fingerprint density at radius 2 is 1.82 bits per heavy atom. The van der Waals surface area contributed by atoms with Gasteiger partial charge in [0.05, 0.1) is 40.1 Å². The number of benzene rings is 2. The van der Waals surface area contributed by atoms with Crippen molar-refractivity contribution in [2.45, 2.75) is 52.0 Å². The number of carbonyl (C=O) groups excluding carboxylic acids is 1. The maximum Gasteiger partial charge on any atom is 0.320 e. The smallest absolute Gasteiger partial charge is 0.320 e. The average Bonchev–Trinajstić information content (AvgIpc) is 3.39. The van der Waals surface area contributed by atoms with Crippen LogP contribution in [0.1, 0.15) is 55.0 Å².